The van der Waals surface area contributed by atoms with Crippen LogP contribution in [-0.2, 0) is 17.8 Å². The van der Waals surface area contributed by atoms with Gasteiger partial charge in [-0.2, -0.15) is 0 Å². The maximum Gasteiger partial charge on any atom is 0.258 e. The quantitative estimate of drug-likeness (QED) is 0.722. The summed E-state index contributed by atoms with van der Waals surface area (Å²) in [5.74, 6) is 0.569. The number of nitrogens with one attached hydrogen (secondary N) is 1. The van der Waals surface area contributed by atoms with Crippen LogP contribution in [0.15, 0.2) is 79.0 Å². The van der Waals surface area contributed by atoms with E-state index in [0.717, 1.165) is 23.4 Å². The molecule has 0 saturated heterocycles. The topological polar surface area (TPSA) is 51.2 Å². The van der Waals surface area contributed by atoms with Crippen LogP contribution in [0.4, 0.5) is 0 Å². The predicted molar refractivity (Wildman–Crippen MR) is 97.3 cm³/mol. The van der Waals surface area contributed by atoms with Gasteiger partial charge in [-0.3, -0.25) is 9.78 Å². The van der Waals surface area contributed by atoms with Crippen molar-refractivity contribution in [2.45, 2.75) is 13.0 Å². The van der Waals surface area contributed by atoms with Gasteiger partial charge in [0.25, 0.3) is 5.91 Å². The van der Waals surface area contributed by atoms with E-state index in [1.54, 1.807) is 6.20 Å². The van der Waals surface area contributed by atoms with Crippen LogP contribution in [0.1, 0.15) is 16.8 Å². The summed E-state index contributed by atoms with van der Waals surface area (Å²) in [6.45, 7) is 0.382. The Morgan fingerprint density at radius 3 is 2.48 bits per heavy atom. The molecule has 1 amide bonds. The van der Waals surface area contributed by atoms with Crippen LogP contribution >= 0.6 is 0 Å². The molecule has 4 heteroatoms. The zero-order valence-corrected chi connectivity index (χ0v) is 13.9. The Morgan fingerprint density at radius 2 is 1.68 bits per heavy atom. The summed E-state index contributed by atoms with van der Waals surface area (Å²) >= 11 is 0. The minimum Gasteiger partial charge on any atom is -0.483 e. The molecule has 0 spiro atoms. The first kappa shape index (κ1) is 16.7. The Balaban J connectivity index is 1.55. The van der Waals surface area contributed by atoms with Crippen molar-refractivity contribution >= 4 is 5.91 Å². The molecule has 0 bridgehead atoms. The second-order valence-corrected chi connectivity index (χ2v) is 5.66. The molecule has 1 aromatic heterocycles. The third-order valence-electron chi connectivity index (χ3n) is 3.76. The number of pyridine rings is 1. The highest BCUT2D eigenvalue weighted by Gasteiger charge is 2.07. The van der Waals surface area contributed by atoms with E-state index in [4.69, 9.17) is 4.74 Å². The minimum atomic E-state index is -0.167. The van der Waals surface area contributed by atoms with Crippen molar-refractivity contribution in [2.75, 3.05) is 6.61 Å². The molecule has 0 aliphatic rings. The SMILES string of the molecule is O=C(COc1ccccc1Cc1ccccc1)NCc1ccccn1. The Bertz CT molecular complexity index is 804. The molecule has 0 fully saturated rings. The first-order valence-electron chi connectivity index (χ1n) is 8.22. The number of aromatic nitrogens is 1. The molecule has 4 nitrogen and oxygen atoms in total. The summed E-state index contributed by atoms with van der Waals surface area (Å²) < 4.78 is 5.73. The van der Waals surface area contributed by atoms with E-state index in [9.17, 15) is 4.79 Å². The second-order valence-electron chi connectivity index (χ2n) is 5.66. The summed E-state index contributed by atoms with van der Waals surface area (Å²) in [6, 6.07) is 23.6. The maximum atomic E-state index is 12.0. The minimum absolute atomic E-state index is 0.0152. The van der Waals surface area contributed by atoms with Gasteiger partial charge in [-0.25, -0.2) is 0 Å². The van der Waals surface area contributed by atoms with E-state index in [0.29, 0.717) is 6.54 Å². The number of amides is 1. The van der Waals surface area contributed by atoms with Crippen LogP contribution in [0.5, 0.6) is 5.75 Å². The molecule has 1 N–H and O–H groups in total. The zero-order valence-electron chi connectivity index (χ0n) is 13.9. The molecule has 1 heterocycles. The molecule has 0 radical (unpaired) electrons. The normalized spacial score (nSPS) is 10.2. The lowest BCUT2D eigenvalue weighted by Crippen LogP contribution is -2.28. The molecule has 0 saturated carbocycles. The number of benzene rings is 2. The summed E-state index contributed by atoms with van der Waals surface area (Å²) in [7, 11) is 0. The molecule has 25 heavy (non-hydrogen) atoms. The van der Waals surface area contributed by atoms with Gasteiger partial charge in [0.1, 0.15) is 5.75 Å². The molecular weight excluding hydrogens is 312 g/mol. The number of hydrogen-bond acceptors (Lipinski definition) is 3. The largest absolute Gasteiger partial charge is 0.483 e. The monoisotopic (exact) mass is 332 g/mol. The Kier molecular flexibility index (Phi) is 5.77. The van der Waals surface area contributed by atoms with E-state index in [1.807, 2.05) is 60.7 Å². The summed E-state index contributed by atoms with van der Waals surface area (Å²) in [5, 5.41) is 2.81. The van der Waals surface area contributed by atoms with Gasteiger partial charge in [0.15, 0.2) is 6.61 Å². The first-order valence-corrected chi connectivity index (χ1v) is 8.22. The average Bonchev–Trinajstić information content (AvgIpc) is 2.67. The lowest BCUT2D eigenvalue weighted by molar-refractivity contribution is -0.123. The van der Waals surface area contributed by atoms with Gasteiger partial charge in [-0.05, 0) is 29.3 Å². The number of carbonyl (C=O) groups excluding carboxylic acids is 1. The molecule has 3 rings (SSSR count). The van der Waals surface area contributed by atoms with Crippen molar-refractivity contribution in [1.29, 1.82) is 0 Å². The number of carbonyl (C=O) groups is 1. The lowest BCUT2D eigenvalue weighted by atomic mass is 10.0. The Hall–Kier alpha value is -3.14. The van der Waals surface area contributed by atoms with E-state index in [2.05, 4.69) is 22.4 Å². The average molecular weight is 332 g/mol. The molecule has 0 aliphatic heterocycles. The fourth-order valence-corrected chi connectivity index (χ4v) is 2.49. The van der Waals surface area contributed by atoms with E-state index in [1.165, 1.54) is 5.56 Å². The van der Waals surface area contributed by atoms with E-state index >= 15 is 0 Å². The highest BCUT2D eigenvalue weighted by Crippen LogP contribution is 2.21. The summed E-state index contributed by atoms with van der Waals surface area (Å²) in [5.41, 5.74) is 3.09. The number of para-hydroxylation sites is 1. The van der Waals surface area contributed by atoms with Gasteiger partial charge in [0.2, 0.25) is 0 Å². The fourth-order valence-electron chi connectivity index (χ4n) is 2.49. The second kappa shape index (κ2) is 8.64. The third kappa shape index (κ3) is 5.18. The standard InChI is InChI=1S/C21H20N2O2/c24-21(23-15-19-11-6-7-13-22-19)16-25-20-12-5-4-10-18(20)14-17-8-2-1-3-9-17/h1-13H,14-16H2,(H,23,24). The van der Waals surface area contributed by atoms with Crippen LogP contribution in [0, 0.1) is 0 Å². The predicted octanol–water partition coefficient (Wildman–Crippen LogP) is 3.37. The van der Waals surface area contributed by atoms with Crippen molar-refractivity contribution in [3.8, 4) is 5.75 Å². The molecule has 3 aromatic rings. The van der Waals surface area contributed by atoms with E-state index in [-0.39, 0.29) is 12.5 Å². The summed E-state index contributed by atoms with van der Waals surface area (Å²) in [6.07, 6.45) is 2.48. The smallest absolute Gasteiger partial charge is 0.258 e. The van der Waals surface area contributed by atoms with Gasteiger partial charge in [0, 0.05) is 12.6 Å². The number of rotatable bonds is 7. The molecule has 0 unspecified atom stereocenters. The van der Waals surface area contributed by atoms with E-state index < -0.39 is 0 Å². The Labute approximate surface area is 147 Å². The Morgan fingerprint density at radius 1 is 0.920 bits per heavy atom. The van der Waals surface area contributed by atoms with Crippen LogP contribution in [0.25, 0.3) is 0 Å². The molecule has 0 atom stereocenters. The van der Waals surface area contributed by atoms with Crippen LogP contribution in [0.3, 0.4) is 0 Å². The van der Waals surface area contributed by atoms with Crippen LogP contribution in [0.2, 0.25) is 0 Å². The first-order chi connectivity index (χ1) is 12.3. The highest BCUT2D eigenvalue weighted by atomic mass is 16.5. The van der Waals surface area contributed by atoms with Gasteiger partial charge in [-0.15, -0.1) is 0 Å². The van der Waals surface area contributed by atoms with Crippen LogP contribution in [-0.4, -0.2) is 17.5 Å². The number of ether oxygens (including phenoxy) is 1. The zero-order chi connectivity index (χ0) is 17.3. The van der Waals surface area contributed by atoms with Crippen molar-refractivity contribution in [3.05, 3.63) is 95.8 Å². The van der Waals surface area contributed by atoms with Gasteiger partial charge >= 0.3 is 0 Å². The number of nitrogens with zero attached hydrogens (tertiary/aromatic N) is 1. The van der Waals surface area contributed by atoms with Crippen LogP contribution < -0.4 is 10.1 Å². The van der Waals surface area contributed by atoms with Crippen molar-refractivity contribution in [3.63, 3.8) is 0 Å². The van der Waals surface area contributed by atoms with Gasteiger partial charge < -0.3 is 10.1 Å². The maximum absolute atomic E-state index is 12.0. The van der Waals surface area contributed by atoms with Crippen molar-refractivity contribution < 1.29 is 9.53 Å². The van der Waals surface area contributed by atoms with Gasteiger partial charge in [-0.1, -0.05) is 54.6 Å². The number of hydrogen-bond donors (Lipinski definition) is 1. The third-order valence-corrected chi connectivity index (χ3v) is 3.76. The lowest BCUT2D eigenvalue weighted by Gasteiger charge is -2.11. The van der Waals surface area contributed by atoms with Crippen molar-refractivity contribution in [2.24, 2.45) is 0 Å². The molecule has 126 valence electrons. The fraction of sp³-hybridized carbons (Fsp3) is 0.143. The van der Waals surface area contributed by atoms with Crippen molar-refractivity contribution in [1.82, 2.24) is 10.3 Å². The van der Waals surface area contributed by atoms with Gasteiger partial charge in [0.05, 0.1) is 12.2 Å². The molecule has 2 aromatic carbocycles. The summed E-state index contributed by atoms with van der Waals surface area (Å²) in [4.78, 5) is 16.2. The molecular formula is C21H20N2O2. The molecule has 0 aliphatic carbocycles. The highest BCUT2D eigenvalue weighted by molar-refractivity contribution is 5.77.